The Kier molecular flexibility index (Phi) is 2.65. The van der Waals surface area contributed by atoms with Crippen LogP contribution in [0.2, 0.25) is 0 Å². The van der Waals surface area contributed by atoms with Gasteiger partial charge in [-0.05, 0) is 24.3 Å². The Bertz CT molecular complexity index is 271. The molecule has 0 aliphatic carbocycles. The first-order valence-corrected chi connectivity index (χ1v) is 3.83. The van der Waals surface area contributed by atoms with Crippen molar-refractivity contribution < 1.29 is 9.53 Å². The number of hydrogen-bond acceptors (Lipinski definition) is 2. The van der Waals surface area contributed by atoms with Crippen molar-refractivity contribution in [3.05, 3.63) is 28.7 Å². The van der Waals surface area contributed by atoms with E-state index in [1.54, 1.807) is 18.2 Å². The maximum Gasteiger partial charge on any atom is 0.308 e. The van der Waals surface area contributed by atoms with E-state index in [0.29, 0.717) is 5.75 Å². The van der Waals surface area contributed by atoms with Crippen LogP contribution in [0.1, 0.15) is 6.92 Å². The summed E-state index contributed by atoms with van der Waals surface area (Å²) in [6, 6.07) is 7.86. The number of carbonyl (C=O) groups is 1. The summed E-state index contributed by atoms with van der Waals surface area (Å²) in [5, 5.41) is 0. The van der Waals surface area contributed by atoms with E-state index in [9.17, 15) is 4.79 Å². The average Bonchev–Trinajstić information content (AvgIpc) is 1.85. The van der Waals surface area contributed by atoms with Gasteiger partial charge < -0.3 is 4.74 Å². The van der Waals surface area contributed by atoms with E-state index in [2.05, 4.69) is 22.0 Å². The Morgan fingerprint density at radius 2 is 2.36 bits per heavy atom. The van der Waals surface area contributed by atoms with Gasteiger partial charge in [0.2, 0.25) is 0 Å². The highest BCUT2D eigenvalue weighted by Gasteiger charge is 1.96. The minimum atomic E-state index is -0.323. The molecule has 0 saturated carbocycles. The molecule has 0 aliphatic rings. The third-order valence-electron chi connectivity index (χ3n) is 0.989. The van der Waals surface area contributed by atoms with Crippen LogP contribution in [0.25, 0.3) is 0 Å². The zero-order valence-electron chi connectivity index (χ0n) is 5.93. The lowest BCUT2D eigenvalue weighted by Gasteiger charge is -1.99. The summed E-state index contributed by atoms with van der Waals surface area (Å²) in [6.45, 7) is 1.36. The fraction of sp³-hybridized carbons (Fsp3) is 0.125. The number of esters is 1. The second kappa shape index (κ2) is 3.53. The number of ether oxygens (including phenoxy) is 1. The number of carbonyl (C=O) groups excluding carboxylic acids is 1. The van der Waals surface area contributed by atoms with Gasteiger partial charge in [0.05, 0.1) is 0 Å². The predicted octanol–water partition coefficient (Wildman–Crippen LogP) is 2.17. The number of rotatable bonds is 1. The van der Waals surface area contributed by atoms with Crippen LogP contribution in [0, 0.1) is 6.07 Å². The van der Waals surface area contributed by atoms with E-state index in [4.69, 9.17) is 4.74 Å². The monoisotopic (exact) mass is 213 g/mol. The summed E-state index contributed by atoms with van der Waals surface area (Å²) in [5.41, 5.74) is 0. The van der Waals surface area contributed by atoms with Crippen LogP contribution in [-0.4, -0.2) is 5.97 Å². The Balaban J connectivity index is 2.79. The number of hydrogen-bond donors (Lipinski definition) is 0. The summed E-state index contributed by atoms with van der Waals surface area (Å²) in [5.74, 6) is 0.184. The maximum atomic E-state index is 10.5. The molecule has 0 spiro atoms. The summed E-state index contributed by atoms with van der Waals surface area (Å²) in [4.78, 5) is 10.5. The predicted molar refractivity (Wildman–Crippen MR) is 44.3 cm³/mol. The van der Waals surface area contributed by atoms with Gasteiger partial charge in [-0.15, -0.1) is 0 Å². The molecule has 57 valence electrons. The van der Waals surface area contributed by atoms with Crippen molar-refractivity contribution in [1.82, 2.24) is 0 Å². The SMILES string of the molecule is CC(=O)Oc1c[c]cc(Br)c1. The van der Waals surface area contributed by atoms with Crippen molar-refractivity contribution in [3.63, 3.8) is 0 Å². The zero-order valence-corrected chi connectivity index (χ0v) is 7.51. The Hall–Kier alpha value is -0.830. The number of benzene rings is 1. The van der Waals surface area contributed by atoms with Crippen LogP contribution < -0.4 is 4.74 Å². The van der Waals surface area contributed by atoms with Gasteiger partial charge in [0.1, 0.15) is 5.75 Å². The molecule has 0 bridgehead atoms. The lowest BCUT2D eigenvalue weighted by molar-refractivity contribution is -0.131. The molecule has 1 rings (SSSR count). The first-order chi connectivity index (χ1) is 5.18. The van der Waals surface area contributed by atoms with E-state index in [1.165, 1.54) is 6.92 Å². The van der Waals surface area contributed by atoms with Gasteiger partial charge in [0, 0.05) is 11.4 Å². The molecule has 1 radical (unpaired) electrons. The van der Waals surface area contributed by atoms with Crippen molar-refractivity contribution in [2.45, 2.75) is 6.92 Å². The van der Waals surface area contributed by atoms with Crippen LogP contribution in [0.5, 0.6) is 5.75 Å². The molecule has 1 aromatic carbocycles. The van der Waals surface area contributed by atoms with Gasteiger partial charge in [0.25, 0.3) is 0 Å². The van der Waals surface area contributed by atoms with Crippen molar-refractivity contribution in [3.8, 4) is 5.75 Å². The van der Waals surface area contributed by atoms with Crippen molar-refractivity contribution in [2.75, 3.05) is 0 Å². The van der Waals surface area contributed by atoms with Gasteiger partial charge in [-0.1, -0.05) is 15.9 Å². The molecule has 0 aromatic heterocycles. The second-order valence-corrected chi connectivity index (χ2v) is 2.90. The molecule has 0 atom stereocenters. The molecule has 2 nitrogen and oxygen atoms in total. The molecule has 11 heavy (non-hydrogen) atoms. The number of halogens is 1. The minimum Gasteiger partial charge on any atom is -0.427 e. The molecule has 0 amide bonds. The molecule has 0 fully saturated rings. The Labute approximate surface area is 73.3 Å². The Morgan fingerprint density at radius 1 is 1.64 bits per heavy atom. The molecule has 3 heteroatoms. The second-order valence-electron chi connectivity index (χ2n) is 1.98. The molecule has 0 heterocycles. The highest BCUT2D eigenvalue weighted by molar-refractivity contribution is 9.10. The quantitative estimate of drug-likeness (QED) is 0.529. The van der Waals surface area contributed by atoms with Crippen molar-refractivity contribution in [2.24, 2.45) is 0 Å². The molecule has 0 saturated heterocycles. The Morgan fingerprint density at radius 3 is 2.91 bits per heavy atom. The normalized spacial score (nSPS) is 9.27. The van der Waals surface area contributed by atoms with Crippen molar-refractivity contribution >= 4 is 21.9 Å². The topological polar surface area (TPSA) is 26.3 Å². The van der Waals surface area contributed by atoms with Crippen LogP contribution >= 0.6 is 15.9 Å². The van der Waals surface area contributed by atoms with Crippen LogP contribution in [-0.2, 0) is 4.79 Å². The summed E-state index contributed by atoms with van der Waals surface area (Å²) in [7, 11) is 0. The average molecular weight is 214 g/mol. The van der Waals surface area contributed by atoms with Crippen LogP contribution in [0.3, 0.4) is 0 Å². The van der Waals surface area contributed by atoms with Gasteiger partial charge in [-0.25, -0.2) is 0 Å². The molecular weight excluding hydrogens is 208 g/mol. The fourth-order valence-electron chi connectivity index (χ4n) is 0.648. The molecule has 1 aromatic rings. The summed E-state index contributed by atoms with van der Waals surface area (Å²) < 4.78 is 5.64. The van der Waals surface area contributed by atoms with E-state index in [-0.39, 0.29) is 5.97 Å². The minimum absolute atomic E-state index is 0.323. The fourth-order valence-corrected chi connectivity index (χ4v) is 1.01. The van der Waals surface area contributed by atoms with Gasteiger partial charge in [-0.2, -0.15) is 0 Å². The van der Waals surface area contributed by atoms with Crippen LogP contribution in [0.15, 0.2) is 22.7 Å². The highest BCUT2D eigenvalue weighted by Crippen LogP contribution is 2.17. The molecule has 0 aliphatic heterocycles. The zero-order chi connectivity index (χ0) is 8.27. The van der Waals surface area contributed by atoms with E-state index in [1.807, 2.05) is 0 Å². The first kappa shape index (κ1) is 8.27. The lowest BCUT2D eigenvalue weighted by Crippen LogP contribution is -2.00. The highest BCUT2D eigenvalue weighted by atomic mass is 79.9. The third kappa shape index (κ3) is 2.72. The van der Waals surface area contributed by atoms with E-state index >= 15 is 0 Å². The molecule has 0 N–H and O–H groups in total. The van der Waals surface area contributed by atoms with E-state index < -0.39 is 0 Å². The molecule has 0 unspecified atom stereocenters. The largest absolute Gasteiger partial charge is 0.427 e. The smallest absolute Gasteiger partial charge is 0.308 e. The third-order valence-corrected chi connectivity index (χ3v) is 1.45. The van der Waals surface area contributed by atoms with Crippen molar-refractivity contribution in [1.29, 1.82) is 0 Å². The van der Waals surface area contributed by atoms with Gasteiger partial charge >= 0.3 is 5.97 Å². The molecular formula is C8H6BrO2. The van der Waals surface area contributed by atoms with Crippen LogP contribution in [0.4, 0.5) is 0 Å². The summed E-state index contributed by atoms with van der Waals surface area (Å²) in [6.07, 6.45) is 0. The van der Waals surface area contributed by atoms with Gasteiger partial charge in [-0.3, -0.25) is 4.79 Å². The van der Waals surface area contributed by atoms with E-state index in [0.717, 1.165) is 4.47 Å². The summed E-state index contributed by atoms with van der Waals surface area (Å²) >= 11 is 3.23. The standard InChI is InChI=1S/C8H6BrO2/c1-6(10)11-8-4-2-3-7(9)5-8/h3-5H,1H3. The maximum absolute atomic E-state index is 10.5. The first-order valence-electron chi connectivity index (χ1n) is 3.03. The van der Waals surface area contributed by atoms with Gasteiger partial charge in [0.15, 0.2) is 0 Å². The lowest BCUT2D eigenvalue weighted by atomic mass is 10.3.